The van der Waals surface area contributed by atoms with Crippen LogP contribution in [0.2, 0.25) is 0 Å². The molecular weight excluding hydrogens is 1040 g/mol. The molecule has 0 fully saturated rings. The largest absolute Gasteiger partial charge is 0.489 e. The van der Waals surface area contributed by atoms with Crippen molar-refractivity contribution in [1.82, 2.24) is 0 Å². The number of esters is 2. The van der Waals surface area contributed by atoms with Crippen LogP contribution in [0.3, 0.4) is 0 Å². The van der Waals surface area contributed by atoms with Crippen LogP contribution in [-0.4, -0.2) is 115 Å². The fourth-order valence-corrected chi connectivity index (χ4v) is 15.5. The summed E-state index contributed by atoms with van der Waals surface area (Å²) in [6.45, 7) is 11.6. The number of aliphatic hydroxyl groups is 2. The number of rotatable bonds is 24. The summed E-state index contributed by atoms with van der Waals surface area (Å²) in [5.74, 6) is -0.893. The number of carbonyl (C=O) groups is 2. The maximum absolute atomic E-state index is 14.1. The van der Waals surface area contributed by atoms with Gasteiger partial charge in [-0.3, -0.25) is 0 Å². The maximum atomic E-state index is 14.1. The Bertz CT molecular complexity index is 2570. The molecule has 4 aromatic rings. The van der Waals surface area contributed by atoms with Gasteiger partial charge in [0.1, 0.15) is 24.7 Å². The van der Waals surface area contributed by atoms with Gasteiger partial charge in [-0.1, -0.05) is 115 Å². The number of para-hydroxylation sites is 2. The van der Waals surface area contributed by atoms with Crippen LogP contribution in [0.4, 0.5) is 22.7 Å². The SMILES string of the molecule is CCCCC1(CCCC)CN(c2ccccc2)c2cc(SC)c(OC[C@@](C)(O)C(=O)OC)cc2S(=O)(=O)C1.CCCCC1(CCCC)CN(c2ccccc2)c2cc(SC)c(OC[C@](C)(O)C(=O)OC)cc2S(=O)(=O)C1. The van der Waals surface area contributed by atoms with Gasteiger partial charge in [-0.25, -0.2) is 26.4 Å². The zero-order valence-corrected chi connectivity index (χ0v) is 49.6. The van der Waals surface area contributed by atoms with Gasteiger partial charge >= 0.3 is 11.9 Å². The molecule has 2 N–H and O–H groups in total. The van der Waals surface area contributed by atoms with Crippen molar-refractivity contribution >= 4 is 77.9 Å². The fraction of sp³-hybridized carbons (Fsp3) is 0.552. The van der Waals surface area contributed by atoms with E-state index in [0.717, 1.165) is 98.2 Å². The third-order valence-electron chi connectivity index (χ3n) is 14.4. The molecule has 6 rings (SSSR count). The molecule has 420 valence electrons. The second-order valence-electron chi connectivity index (χ2n) is 20.8. The number of sulfone groups is 2. The second kappa shape index (κ2) is 27.4. The van der Waals surface area contributed by atoms with E-state index >= 15 is 0 Å². The van der Waals surface area contributed by atoms with Crippen LogP contribution in [-0.2, 0) is 38.7 Å². The summed E-state index contributed by atoms with van der Waals surface area (Å²) in [4.78, 5) is 30.1. The van der Waals surface area contributed by atoms with Crippen molar-refractivity contribution in [3.05, 3.63) is 84.9 Å². The van der Waals surface area contributed by atoms with Crippen molar-refractivity contribution in [1.29, 1.82) is 0 Å². The van der Waals surface area contributed by atoms with E-state index in [9.17, 15) is 36.6 Å². The van der Waals surface area contributed by atoms with E-state index in [-0.39, 0.29) is 34.5 Å². The van der Waals surface area contributed by atoms with Gasteiger partial charge in [0.25, 0.3) is 0 Å². The number of methoxy groups -OCH3 is 2. The lowest BCUT2D eigenvalue weighted by Gasteiger charge is -2.37. The van der Waals surface area contributed by atoms with Crippen molar-refractivity contribution < 1.29 is 55.6 Å². The molecule has 18 heteroatoms. The fourth-order valence-electron chi connectivity index (χ4n) is 10.2. The Morgan fingerprint density at radius 3 is 1.16 bits per heavy atom. The molecule has 0 saturated heterocycles. The van der Waals surface area contributed by atoms with Gasteiger partial charge in [0.05, 0.1) is 56.7 Å². The quantitative estimate of drug-likeness (QED) is 0.0498. The maximum Gasteiger partial charge on any atom is 0.341 e. The van der Waals surface area contributed by atoms with E-state index in [2.05, 4.69) is 47.0 Å². The highest BCUT2D eigenvalue weighted by Crippen LogP contribution is 2.50. The Balaban J connectivity index is 0.000000281. The summed E-state index contributed by atoms with van der Waals surface area (Å²) >= 11 is 2.84. The monoisotopic (exact) mass is 1130 g/mol. The lowest BCUT2D eigenvalue weighted by molar-refractivity contribution is -0.163. The second-order valence-corrected chi connectivity index (χ2v) is 26.4. The zero-order valence-electron chi connectivity index (χ0n) is 46.3. The summed E-state index contributed by atoms with van der Waals surface area (Å²) in [6.07, 6.45) is 15.0. The Morgan fingerprint density at radius 1 is 0.566 bits per heavy atom. The van der Waals surface area contributed by atoms with Gasteiger partial charge in [0, 0.05) is 47.4 Å². The van der Waals surface area contributed by atoms with E-state index in [1.807, 2.05) is 85.3 Å². The number of benzene rings is 4. The molecular formula is C58H82N2O12S4. The highest BCUT2D eigenvalue weighted by atomic mass is 32.2. The minimum atomic E-state index is -3.70. The lowest BCUT2D eigenvalue weighted by atomic mass is 9.79. The van der Waals surface area contributed by atoms with Crippen LogP contribution in [0, 0.1) is 10.8 Å². The molecule has 4 aromatic carbocycles. The molecule has 0 unspecified atom stereocenters. The smallest absolute Gasteiger partial charge is 0.341 e. The van der Waals surface area contributed by atoms with Crippen LogP contribution >= 0.6 is 23.5 Å². The Labute approximate surface area is 461 Å². The van der Waals surface area contributed by atoms with E-state index in [0.29, 0.717) is 36.0 Å². The van der Waals surface area contributed by atoms with Crippen LogP contribution in [0.25, 0.3) is 0 Å². The molecule has 14 nitrogen and oxygen atoms in total. The molecule has 0 amide bonds. The number of nitrogens with zero attached hydrogens (tertiary/aromatic N) is 2. The van der Waals surface area contributed by atoms with Crippen molar-refractivity contribution in [2.45, 2.75) is 149 Å². The molecule has 0 saturated carbocycles. The van der Waals surface area contributed by atoms with E-state index in [1.54, 1.807) is 12.1 Å². The topological polar surface area (TPSA) is 186 Å². The third-order valence-corrected chi connectivity index (χ3v) is 19.9. The zero-order chi connectivity index (χ0) is 56.0. The summed E-state index contributed by atoms with van der Waals surface area (Å²) in [7, 11) is -5.00. The number of hydrogen-bond acceptors (Lipinski definition) is 16. The summed E-state index contributed by atoms with van der Waals surface area (Å²) < 4.78 is 77.5. The highest BCUT2D eigenvalue weighted by molar-refractivity contribution is 7.99. The van der Waals surface area contributed by atoms with Gasteiger partial charge in [0.15, 0.2) is 30.9 Å². The highest BCUT2D eigenvalue weighted by Gasteiger charge is 2.45. The summed E-state index contributed by atoms with van der Waals surface area (Å²) in [5.41, 5.74) is -1.40. The van der Waals surface area contributed by atoms with Crippen molar-refractivity contribution in [2.75, 3.05) is 74.3 Å². The standard InChI is InChI=1S/2C29H41NO6S2/c2*1-6-8-15-29(16-9-7-2)19-30(22-13-11-10-12-14-22)23-17-25(37-5)24(18-26(23)38(33,34)21-29)36-20-28(3,32)27(31)35-4/h2*10-14,17-18,32H,6-9,15-16,19-21H2,1-5H3/t2*28-/m10/s1. The Hall–Kier alpha value is -4.46. The normalized spacial score (nSPS) is 17.7. The molecule has 0 spiro atoms. The predicted octanol–water partition coefficient (Wildman–Crippen LogP) is 12.0. The molecule has 0 radical (unpaired) electrons. The Morgan fingerprint density at radius 2 is 0.882 bits per heavy atom. The first-order valence-corrected chi connectivity index (χ1v) is 32.2. The Kier molecular flexibility index (Phi) is 22.5. The van der Waals surface area contributed by atoms with Gasteiger partial charge in [-0.2, -0.15) is 0 Å². The van der Waals surface area contributed by atoms with E-state index in [4.69, 9.17) is 9.47 Å². The number of hydrogen-bond donors (Lipinski definition) is 2. The van der Waals surface area contributed by atoms with Gasteiger partial charge < -0.3 is 39.0 Å². The molecule has 2 aliphatic rings. The number of carbonyl (C=O) groups excluding carboxylic acids is 2. The van der Waals surface area contributed by atoms with Crippen LogP contribution in [0.1, 0.15) is 119 Å². The van der Waals surface area contributed by atoms with Crippen molar-refractivity contribution in [3.8, 4) is 11.5 Å². The summed E-state index contributed by atoms with van der Waals surface area (Å²) in [6, 6.07) is 26.7. The molecule has 2 aliphatic heterocycles. The van der Waals surface area contributed by atoms with Crippen molar-refractivity contribution in [3.63, 3.8) is 0 Å². The minimum Gasteiger partial charge on any atom is -0.489 e. The third kappa shape index (κ3) is 15.4. The van der Waals surface area contributed by atoms with Gasteiger partial charge in [-0.15, -0.1) is 23.5 Å². The first-order valence-electron chi connectivity index (χ1n) is 26.5. The molecule has 0 aliphatic carbocycles. The number of thioether (sulfide) groups is 2. The summed E-state index contributed by atoms with van der Waals surface area (Å²) in [5, 5.41) is 21.0. The van der Waals surface area contributed by atoms with E-state index in [1.165, 1.54) is 51.6 Å². The molecule has 2 atom stereocenters. The van der Waals surface area contributed by atoms with E-state index < -0.39 is 53.6 Å². The molecule has 0 aromatic heterocycles. The van der Waals surface area contributed by atoms with Gasteiger partial charge in [0.2, 0.25) is 0 Å². The molecule has 0 bridgehead atoms. The van der Waals surface area contributed by atoms with Crippen molar-refractivity contribution in [2.24, 2.45) is 10.8 Å². The average Bonchev–Trinajstić information content (AvgIpc) is 3.57. The number of anilines is 4. The number of unbranched alkanes of at least 4 members (excludes halogenated alkanes) is 4. The minimum absolute atomic E-state index is 0.0638. The molecule has 76 heavy (non-hydrogen) atoms. The van der Waals surface area contributed by atoms with Crippen LogP contribution < -0.4 is 19.3 Å². The number of ether oxygens (including phenoxy) is 4. The first-order chi connectivity index (χ1) is 36.0. The van der Waals surface area contributed by atoms with Crippen LogP contribution in [0.5, 0.6) is 11.5 Å². The molecule has 2 heterocycles. The average molecular weight is 1130 g/mol. The lowest BCUT2D eigenvalue weighted by Crippen LogP contribution is -2.42. The van der Waals surface area contributed by atoms with Gasteiger partial charge in [-0.05, 0) is 88.4 Å². The number of fused-ring (bicyclic) bond motifs is 2. The predicted molar refractivity (Wildman–Crippen MR) is 307 cm³/mol. The first kappa shape index (κ1) is 62.4. The van der Waals surface area contributed by atoms with Crippen LogP contribution in [0.15, 0.2) is 105 Å².